The van der Waals surface area contributed by atoms with Gasteiger partial charge in [0.1, 0.15) is 6.29 Å². The zero-order valence-electron chi connectivity index (χ0n) is 7.96. The summed E-state index contributed by atoms with van der Waals surface area (Å²) in [7, 11) is 0. The van der Waals surface area contributed by atoms with Crippen LogP contribution in [0.3, 0.4) is 0 Å². The number of piperidine rings is 1. The van der Waals surface area contributed by atoms with E-state index in [0.29, 0.717) is 5.92 Å². The Hall–Kier alpha value is 0.227. The van der Waals surface area contributed by atoms with Crippen LogP contribution in [0.5, 0.6) is 0 Å². The van der Waals surface area contributed by atoms with Gasteiger partial charge in [-0.25, -0.2) is 0 Å². The van der Waals surface area contributed by atoms with Crippen molar-refractivity contribution in [3.63, 3.8) is 0 Å². The Morgan fingerprint density at radius 3 is 2.46 bits per heavy atom. The van der Waals surface area contributed by atoms with Gasteiger partial charge in [0.2, 0.25) is 0 Å². The first kappa shape index (κ1) is 13.2. The zero-order valence-corrected chi connectivity index (χ0v) is 7.96. The molecule has 0 saturated carbocycles. The molecule has 2 nitrogen and oxygen atoms in total. The van der Waals surface area contributed by atoms with Gasteiger partial charge in [0.15, 0.2) is 0 Å². The molecule has 0 spiro atoms. The summed E-state index contributed by atoms with van der Waals surface area (Å²) in [5.41, 5.74) is 0. The van der Waals surface area contributed by atoms with E-state index >= 15 is 0 Å². The van der Waals surface area contributed by atoms with Crippen molar-refractivity contribution in [2.24, 2.45) is 5.92 Å². The number of aldehydes is 1. The SMILES string of the molecule is CCCCN1CCC(C=O)CC1.[LiH]. The molecule has 13 heavy (non-hydrogen) atoms. The van der Waals surface area contributed by atoms with Crippen molar-refractivity contribution in [1.82, 2.24) is 4.90 Å². The van der Waals surface area contributed by atoms with E-state index in [0.717, 1.165) is 32.2 Å². The fourth-order valence-electron chi connectivity index (χ4n) is 1.69. The third-order valence-corrected chi connectivity index (χ3v) is 2.65. The van der Waals surface area contributed by atoms with Crippen molar-refractivity contribution in [3.8, 4) is 0 Å². The molecule has 1 saturated heterocycles. The van der Waals surface area contributed by atoms with Gasteiger partial charge in [-0.2, -0.15) is 0 Å². The molecule has 0 aromatic heterocycles. The molecule has 0 amide bonds. The summed E-state index contributed by atoms with van der Waals surface area (Å²) in [4.78, 5) is 12.9. The summed E-state index contributed by atoms with van der Waals surface area (Å²) >= 11 is 0. The van der Waals surface area contributed by atoms with Crippen LogP contribution in [-0.4, -0.2) is 49.7 Å². The van der Waals surface area contributed by atoms with E-state index in [9.17, 15) is 4.79 Å². The van der Waals surface area contributed by atoms with E-state index in [2.05, 4.69) is 11.8 Å². The molecule has 0 aromatic carbocycles. The van der Waals surface area contributed by atoms with Crippen LogP contribution in [0.2, 0.25) is 0 Å². The fourth-order valence-corrected chi connectivity index (χ4v) is 1.69. The summed E-state index contributed by atoms with van der Waals surface area (Å²) in [5, 5.41) is 0. The van der Waals surface area contributed by atoms with E-state index in [1.807, 2.05) is 0 Å². The van der Waals surface area contributed by atoms with Crippen LogP contribution in [0.15, 0.2) is 0 Å². The van der Waals surface area contributed by atoms with Gasteiger partial charge < -0.3 is 9.69 Å². The minimum atomic E-state index is 0. The van der Waals surface area contributed by atoms with Crippen LogP contribution in [-0.2, 0) is 4.79 Å². The molecule has 72 valence electrons. The third-order valence-electron chi connectivity index (χ3n) is 2.65. The van der Waals surface area contributed by atoms with E-state index in [1.165, 1.54) is 19.4 Å². The molecule has 0 bridgehead atoms. The second-order valence-corrected chi connectivity index (χ2v) is 3.67. The number of nitrogens with zero attached hydrogens (tertiary/aromatic N) is 1. The first-order valence-corrected chi connectivity index (χ1v) is 5.04. The van der Waals surface area contributed by atoms with Crippen molar-refractivity contribution in [3.05, 3.63) is 0 Å². The van der Waals surface area contributed by atoms with Crippen molar-refractivity contribution < 1.29 is 4.79 Å². The number of carbonyl (C=O) groups is 1. The van der Waals surface area contributed by atoms with Gasteiger partial charge in [-0.3, -0.25) is 0 Å². The summed E-state index contributed by atoms with van der Waals surface area (Å²) < 4.78 is 0. The Balaban J connectivity index is 0.00000144. The van der Waals surface area contributed by atoms with Gasteiger partial charge >= 0.3 is 18.9 Å². The molecular weight excluding hydrogens is 157 g/mol. The van der Waals surface area contributed by atoms with Gasteiger partial charge in [-0.15, -0.1) is 0 Å². The zero-order chi connectivity index (χ0) is 8.81. The molecule has 0 N–H and O–H groups in total. The second kappa shape index (κ2) is 7.61. The number of rotatable bonds is 4. The standard InChI is InChI=1S/C10H19NO.Li.H/c1-2-3-6-11-7-4-10(9-12)5-8-11;;/h9-10H,2-8H2,1H3;;. The maximum atomic E-state index is 10.5. The number of likely N-dealkylation sites (tertiary alicyclic amines) is 1. The van der Waals surface area contributed by atoms with Gasteiger partial charge in [-0.05, 0) is 38.9 Å². The van der Waals surface area contributed by atoms with Gasteiger partial charge in [0.25, 0.3) is 0 Å². The number of hydrogen-bond acceptors (Lipinski definition) is 2. The molecule has 0 atom stereocenters. The first-order valence-electron chi connectivity index (χ1n) is 5.04. The molecule has 0 unspecified atom stereocenters. The van der Waals surface area contributed by atoms with Crippen molar-refractivity contribution in [2.45, 2.75) is 32.6 Å². The molecule has 0 aliphatic carbocycles. The van der Waals surface area contributed by atoms with Crippen LogP contribution < -0.4 is 0 Å². The Kier molecular flexibility index (Phi) is 7.75. The predicted molar refractivity (Wildman–Crippen MR) is 57.3 cm³/mol. The van der Waals surface area contributed by atoms with Crippen LogP contribution in [0.1, 0.15) is 32.6 Å². The summed E-state index contributed by atoms with van der Waals surface area (Å²) in [5.74, 6) is 0.350. The van der Waals surface area contributed by atoms with Crippen LogP contribution in [0.4, 0.5) is 0 Å². The maximum absolute atomic E-state index is 10.5. The second-order valence-electron chi connectivity index (χ2n) is 3.67. The van der Waals surface area contributed by atoms with Gasteiger partial charge in [0, 0.05) is 5.92 Å². The Bertz CT molecular complexity index is 133. The number of carbonyl (C=O) groups excluding carboxylic acids is 1. The summed E-state index contributed by atoms with van der Waals surface area (Å²) in [6, 6.07) is 0. The topological polar surface area (TPSA) is 20.3 Å². The predicted octanol–water partition coefficient (Wildman–Crippen LogP) is 1.05. The molecule has 1 aliphatic heterocycles. The number of unbranched alkanes of at least 4 members (excludes halogenated alkanes) is 1. The van der Waals surface area contributed by atoms with Crippen LogP contribution in [0, 0.1) is 5.92 Å². The molecule has 1 fully saturated rings. The fraction of sp³-hybridized carbons (Fsp3) is 0.900. The molecule has 1 aliphatic rings. The molecular formula is C10H20LiNO. The van der Waals surface area contributed by atoms with E-state index in [-0.39, 0.29) is 18.9 Å². The molecule has 1 heterocycles. The molecule has 0 radical (unpaired) electrons. The average molecular weight is 177 g/mol. The van der Waals surface area contributed by atoms with Crippen LogP contribution in [0.25, 0.3) is 0 Å². The summed E-state index contributed by atoms with van der Waals surface area (Å²) in [6.45, 7) is 5.70. The molecule has 0 aromatic rings. The normalized spacial score (nSPS) is 19.5. The summed E-state index contributed by atoms with van der Waals surface area (Å²) in [6.07, 6.45) is 5.84. The molecule has 1 rings (SSSR count). The Morgan fingerprint density at radius 1 is 1.38 bits per heavy atom. The Labute approximate surface area is 93.2 Å². The van der Waals surface area contributed by atoms with Gasteiger partial charge in [-0.1, -0.05) is 13.3 Å². The molecule has 3 heteroatoms. The third kappa shape index (κ3) is 4.86. The Morgan fingerprint density at radius 2 is 2.00 bits per heavy atom. The number of hydrogen-bond donors (Lipinski definition) is 0. The first-order chi connectivity index (χ1) is 5.86. The van der Waals surface area contributed by atoms with Crippen molar-refractivity contribution in [1.29, 1.82) is 0 Å². The van der Waals surface area contributed by atoms with Gasteiger partial charge in [0.05, 0.1) is 0 Å². The average Bonchev–Trinajstić information content (AvgIpc) is 2.15. The van der Waals surface area contributed by atoms with E-state index < -0.39 is 0 Å². The van der Waals surface area contributed by atoms with Crippen molar-refractivity contribution >= 4 is 25.1 Å². The minimum absolute atomic E-state index is 0. The monoisotopic (exact) mass is 177 g/mol. The van der Waals surface area contributed by atoms with Crippen molar-refractivity contribution in [2.75, 3.05) is 19.6 Å². The van der Waals surface area contributed by atoms with E-state index in [4.69, 9.17) is 0 Å². The van der Waals surface area contributed by atoms with E-state index in [1.54, 1.807) is 0 Å². The quantitative estimate of drug-likeness (QED) is 0.472. The van der Waals surface area contributed by atoms with Crippen LogP contribution >= 0.6 is 0 Å².